The molecule has 0 saturated heterocycles. The molecule has 0 bridgehead atoms. The van der Waals surface area contributed by atoms with Gasteiger partial charge in [-0.2, -0.15) is 0 Å². The fourth-order valence-electron chi connectivity index (χ4n) is 1.53. The molecule has 0 aliphatic carbocycles. The highest BCUT2D eigenvalue weighted by molar-refractivity contribution is 5.77. The lowest BCUT2D eigenvalue weighted by Crippen LogP contribution is -2.26. The lowest BCUT2D eigenvalue weighted by molar-refractivity contribution is -0.120. The highest BCUT2D eigenvalue weighted by atomic mass is 16.5. The van der Waals surface area contributed by atoms with Crippen molar-refractivity contribution in [3.05, 3.63) is 48.1 Å². The Morgan fingerprint density at radius 1 is 1.25 bits per heavy atom. The third-order valence-electron chi connectivity index (χ3n) is 2.66. The van der Waals surface area contributed by atoms with E-state index in [1.165, 1.54) is 0 Å². The van der Waals surface area contributed by atoms with Crippen LogP contribution in [0, 0.1) is 5.92 Å². The minimum Gasteiger partial charge on any atom is -0.497 e. The first kappa shape index (κ1) is 16.0. The van der Waals surface area contributed by atoms with Crippen molar-refractivity contribution in [2.75, 3.05) is 13.7 Å². The topological polar surface area (TPSA) is 38.3 Å². The molecular formula is C17H23NO2. The molecule has 1 rings (SSSR count). The van der Waals surface area contributed by atoms with Gasteiger partial charge in [-0.1, -0.05) is 50.3 Å². The molecule has 20 heavy (non-hydrogen) atoms. The Balaban J connectivity index is 2.32. The smallest absolute Gasteiger partial charge is 0.223 e. The van der Waals surface area contributed by atoms with Gasteiger partial charge in [0.15, 0.2) is 0 Å². The van der Waals surface area contributed by atoms with E-state index in [1.54, 1.807) is 7.11 Å². The van der Waals surface area contributed by atoms with Crippen LogP contribution in [0.5, 0.6) is 5.75 Å². The number of methoxy groups -OCH3 is 1. The van der Waals surface area contributed by atoms with Gasteiger partial charge in [0.05, 0.1) is 7.11 Å². The zero-order chi connectivity index (χ0) is 14.8. The fourth-order valence-corrected chi connectivity index (χ4v) is 1.53. The first-order valence-electron chi connectivity index (χ1n) is 6.85. The van der Waals surface area contributed by atoms with E-state index < -0.39 is 0 Å². The van der Waals surface area contributed by atoms with Crippen molar-refractivity contribution in [3.8, 4) is 5.75 Å². The number of amides is 1. The molecule has 0 spiro atoms. The van der Waals surface area contributed by atoms with Crippen molar-refractivity contribution in [2.45, 2.75) is 20.3 Å². The lowest BCUT2D eigenvalue weighted by atomic mass is 10.2. The van der Waals surface area contributed by atoms with Gasteiger partial charge in [-0.15, -0.1) is 0 Å². The van der Waals surface area contributed by atoms with E-state index in [1.807, 2.05) is 48.6 Å². The van der Waals surface area contributed by atoms with E-state index in [4.69, 9.17) is 4.74 Å². The van der Waals surface area contributed by atoms with Crippen LogP contribution >= 0.6 is 0 Å². The summed E-state index contributed by atoms with van der Waals surface area (Å²) in [5, 5.41) is 2.88. The normalized spacial score (nSPS) is 11.4. The quantitative estimate of drug-likeness (QED) is 0.773. The third kappa shape index (κ3) is 6.78. The van der Waals surface area contributed by atoms with Gasteiger partial charge in [0.25, 0.3) is 0 Å². The average molecular weight is 273 g/mol. The van der Waals surface area contributed by atoms with Crippen molar-refractivity contribution in [1.29, 1.82) is 0 Å². The van der Waals surface area contributed by atoms with E-state index in [2.05, 4.69) is 19.2 Å². The van der Waals surface area contributed by atoms with Crippen LogP contribution < -0.4 is 10.1 Å². The second kappa shape index (κ2) is 8.97. The van der Waals surface area contributed by atoms with Gasteiger partial charge < -0.3 is 10.1 Å². The summed E-state index contributed by atoms with van der Waals surface area (Å²) in [6.07, 6.45) is 8.08. The van der Waals surface area contributed by atoms with Crippen LogP contribution in [-0.2, 0) is 4.79 Å². The molecule has 0 aliphatic heterocycles. The molecule has 3 heteroatoms. The predicted octanol–water partition coefficient (Wildman–Crippen LogP) is 3.43. The number of carbonyl (C=O) groups is 1. The number of benzene rings is 1. The molecule has 0 heterocycles. The monoisotopic (exact) mass is 273 g/mol. The van der Waals surface area contributed by atoms with E-state index in [0.717, 1.165) is 17.9 Å². The van der Waals surface area contributed by atoms with E-state index >= 15 is 0 Å². The van der Waals surface area contributed by atoms with Gasteiger partial charge in [-0.05, 0) is 23.6 Å². The largest absolute Gasteiger partial charge is 0.497 e. The van der Waals surface area contributed by atoms with Gasteiger partial charge in [-0.25, -0.2) is 0 Å². The Labute approximate surface area is 121 Å². The summed E-state index contributed by atoms with van der Waals surface area (Å²) in [7, 11) is 1.65. The second-order valence-electron chi connectivity index (χ2n) is 4.96. The van der Waals surface area contributed by atoms with Crippen LogP contribution in [0.25, 0.3) is 6.08 Å². The summed E-state index contributed by atoms with van der Waals surface area (Å²) in [4.78, 5) is 11.5. The molecule has 0 aliphatic rings. The maximum absolute atomic E-state index is 11.5. The Morgan fingerprint density at radius 3 is 2.55 bits per heavy atom. The zero-order valence-electron chi connectivity index (χ0n) is 12.4. The number of carbonyl (C=O) groups excluding carboxylic acids is 1. The van der Waals surface area contributed by atoms with Crippen LogP contribution in [0.4, 0.5) is 0 Å². The van der Waals surface area contributed by atoms with Crippen LogP contribution in [-0.4, -0.2) is 19.6 Å². The summed E-state index contributed by atoms with van der Waals surface area (Å²) in [5.74, 6) is 1.39. The molecule has 0 saturated carbocycles. The fraction of sp³-hybridized carbons (Fsp3) is 0.353. The molecule has 1 aromatic carbocycles. The summed E-state index contributed by atoms with van der Waals surface area (Å²) in [6.45, 7) is 4.88. The van der Waals surface area contributed by atoms with Crippen molar-refractivity contribution in [1.82, 2.24) is 5.32 Å². The van der Waals surface area contributed by atoms with Gasteiger partial charge in [0.2, 0.25) is 5.91 Å². The first-order chi connectivity index (χ1) is 9.61. The molecular weight excluding hydrogens is 250 g/mol. The lowest BCUT2D eigenvalue weighted by Gasteiger charge is -2.05. The van der Waals surface area contributed by atoms with Gasteiger partial charge in [0, 0.05) is 13.0 Å². The van der Waals surface area contributed by atoms with Crippen LogP contribution in [0.3, 0.4) is 0 Å². The number of hydrogen-bond donors (Lipinski definition) is 1. The summed E-state index contributed by atoms with van der Waals surface area (Å²) < 4.78 is 5.10. The average Bonchev–Trinajstić information content (AvgIpc) is 2.45. The van der Waals surface area contributed by atoms with Crippen molar-refractivity contribution in [2.24, 2.45) is 5.92 Å². The Hall–Kier alpha value is -2.03. The molecule has 3 nitrogen and oxygen atoms in total. The van der Waals surface area contributed by atoms with E-state index in [-0.39, 0.29) is 5.91 Å². The highest BCUT2D eigenvalue weighted by Gasteiger charge is 1.98. The summed E-state index contributed by atoms with van der Waals surface area (Å²) >= 11 is 0. The first-order valence-corrected chi connectivity index (χ1v) is 6.85. The summed E-state index contributed by atoms with van der Waals surface area (Å²) in [6, 6.07) is 7.81. The Morgan fingerprint density at radius 2 is 1.95 bits per heavy atom. The van der Waals surface area contributed by atoms with Crippen molar-refractivity contribution >= 4 is 12.0 Å². The highest BCUT2D eigenvalue weighted by Crippen LogP contribution is 2.12. The number of nitrogens with one attached hydrogen (secondary N) is 1. The standard InChI is InChI=1S/C17H23NO2/c1-14(2)13-18-17(19)8-6-4-5-7-15-9-11-16(20-3)12-10-15/h4-7,9-12,14H,8,13H2,1-3H3,(H,18,19). The minimum atomic E-state index is 0.0628. The second-order valence-corrected chi connectivity index (χ2v) is 4.96. The molecule has 1 aromatic rings. The molecule has 1 N–H and O–H groups in total. The SMILES string of the molecule is COc1ccc(C=CC=CCC(=O)NCC(C)C)cc1. The molecule has 0 unspecified atom stereocenters. The molecule has 1 amide bonds. The van der Waals surface area contributed by atoms with Crippen LogP contribution in [0.1, 0.15) is 25.8 Å². The minimum absolute atomic E-state index is 0.0628. The Kier molecular flexibility index (Phi) is 7.18. The number of ether oxygens (including phenoxy) is 1. The molecule has 0 aromatic heterocycles. The zero-order valence-corrected chi connectivity index (χ0v) is 12.4. The molecule has 0 atom stereocenters. The van der Waals surface area contributed by atoms with Crippen LogP contribution in [0.2, 0.25) is 0 Å². The molecule has 0 radical (unpaired) electrons. The number of hydrogen-bond acceptors (Lipinski definition) is 2. The van der Waals surface area contributed by atoms with Crippen LogP contribution in [0.15, 0.2) is 42.5 Å². The molecule has 0 fully saturated rings. The Bertz CT molecular complexity index is 458. The van der Waals surface area contributed by atoms with Gasteiger partial charge in [0.1, 0.15) is 5.75 Å². The number of rotatable bonds is 7. The van der Waals surface area contributed by atoms with Gasteiger partial charge in [-0.3, -0.25) is 4.79 Å². The maximum Gasteiger partial charge on any atom is 0.223 e. The third-order valence-corrected chi connectivity index (χ3v) is 2.66. The van der Waals surface area contributed by atoms with Gasteiger partial charge >= 0.3 is 0 Å². The molecule has 108 valence electrons. The summed E-state index contributed by atoms with van der Waals surface area (Å²) in [5.41, 5.74) is 1.10. The number of allylic oxidation sites excluding steroid dienone is 2. The maximum atomic E-state index is 11.5. The predicted molar refractivity (Wildman–Crippen MR) is 83.6 cm³/mol. The van der Waals surface area contributed by atoms with E-state index in [9.17, 15) is 4.79 Å². The van der Waals surface area contributed by atoms with Crippen molar-refractivity contribution in [3.63, 3.8) is 0 Å². The van der Waals surface area contributed by atoms with E-state index in [0.29, 0.717) is 12.3 Å². The van der Waals surface area contributed by atoms with Crippen molar-refractivity contribution < 1.29 is 9.53 Å².